The molecule has 0 aliphatic rings. The van der Waals surface area contributed by atoms with Gasteiger partial charge < -0.3 is 39.5 Å². The largest absolute Gasteiger partial charge is 0.496 e. The second kappa shape index (κ2) is 15.5. The normalized spacial score (nSPS) is 11.6. The number of aromatic nitrogens is 1. The molecular weight excluding hydrogens is 590 g/mol. The molecule has 4 aromatic rings. The molecule has 0 saturated heterocycles. The smallest absolute Gasteiger partial charge is 0.410 e. The molecule has 4 amide bonds. The van der Waals surface area contributed by atoms with Gasteiger partial charge in [-0.1, -0.05) is 42.5 Å². The van der Waals surface area contributed by atoms with E-state index in [1.165, 1.54) is 18.4 Å². The zero-order valence-corrected chi connectivity index (χ0v) is 26.5. The summed E-state index contributed by atoms with van der Waals surface area (Å²) in [6.07, 6.45) is 1.62. The molecule has 3 aromatic carbocycles. The highest BCUT2D eigenvalue weighted by atomic mass is 16.6. The maximum atomic E-state index is 12.8. The number of anilines is 2. The molecule has 4 rings (SSSR count). The first-order chi connectivity index (χ1) is 22.0. The highest BCUT2D eigenvalue weighted by Gasteiger charge is 2.22. The van der Waals surface area contributed by atoms with Gasteiger partial charge in [0.1, 0.15) is 17.5 Å². The topological polar surface area (TPSA) is 144 Å². The number of alkyl carbamates (subject to hydrolysis) is 1. The summed E-state index contributed by atoms with van der Waals surface area (Å²) < 4.78 is 22.0. The molecule has 0 bridgehead atoms. The van der Waals surface area contributed by atoms with Crippen molar-refractivity contribution in [1.29, 1.82) is 0 Å². The zero-order chi connectivity index (χ0) is 33.1. The predicted molar refractivity (Wildman–Crippen MR) is 174 cm³/mol. The molecule has 12 nitrogen and oxygen atoms in total. The van der Waals surface area contributed by atoms with Crippen molar-refractivity contribution >= 4 is 29.6 Å². The van der Waals surface area contributed by atoms with E-state index in [0.29, 0.717) is 41.4 Å². The van der Waals surface area contributed by atoms with Gasteiger partial charge in [0.2, 0.25) is 0 Å². The fourth-order valence-corrected chi connectivity index (χ4v) is 4.42. The Balaban J connectivity index is 1.31. The van der Waals surface area contributed by atoms with Gasteiger partial charge in [-0.3, -0.25) is 0 Å². The predicted octanol–water partition coefficient (Wildman–Crippen LogP) is 7.22. The molecule has 1 heterocycles. The lowest BCUT2D eigenvalue weighted by molar-refractivity contribution is 0.0263. The Morgan fingerprint density at radius 2 is 1.70 bits per heavy atom. The second-order valence-corrected chi connectivity index (χ2v) is 11.4. The first-order valence-electron chi connectivity index (χ1n) is 14.7. The fraction of sp³-hybridized carbons (Fsp3) is 0.294. The number of oxazole rings is 1. The number of rotatable bonds is 11. The van der Waals surface area contributed by atoms with Crippen molar-refractivity contribution in [2.45, 2.75) is 45.4 Å². The van der Waals surface area contributed by atoms with Crippen LogP contribution in [0.5, 0.6) is 5.75 Å². The first kappa shape index (κ1) is 33.4. The summed E-state index contributed by atoms with van der Waals surface area (Å²) in [5.74, 6) is 1.06. The van der Waals surface area contributed by atoms with Crippen molar-refractivity contribution in [1.82, 2.24) is 15.2 Å². The van der Waals surface area contributed by atoms with Crippen molar-refractivity contribution in [3.63, 3.8) is 0 Å². The van der Waals surface area contributed by atoms with Crippen LogP contribution in [-0.2, 0) is 16.0 Å². The number of urea groups is 1. The number of carbonyl (C=O) groups is 3. The van der Waals surface area contributed by atoms with E-state index in [9.17, 15) is 14.4 Å². The van der Waals surface area contributed by atoms with Crippen LogP contribution < -0.4 is 20.7 Å². The summed E-state index contributed by atoms with van der Waals surface area (Å²) in [7, 11) is 3.17. The summed E-state index contributed by atoms with van der Waals surface area (Å²) in [5, 5.41) is 8.35. The number of nitrogens with one attached hydrogen (secondary N) is 3. The van der Waals surface area contributed by atoms with Crippen LogP contribution in [0.2, 0.25) is 0 Å². The average molecular weight is 630 g/mol. The van der Waals surface area contributed by atoms with Gasteiger partial charge >= 0.3 is 18.2 Å². The number of hydrogen-bond acceptors (Lipinski definition) is 8. The van der Waals surface area contributed by atoms with Crippen LogP contribution in [-0.4, -0.2) is 54.4 Å². The minimum atomic E-state index is -0.618. The monoisotopic (exact) mass is 629 g/mol. The Hall–Kier alpha value is -5.52. The van der Waals surface area contributed by atoms with Crippen LogP contribution in [0.4, 0.5) is 25.8 Å². The Labute approximate surface area is 268 Å². The van der Waals surface area contributed by atoms with E-state index >= 15 is 0 Å². The maximum absolute atomic E-state index is 12.8. The molecule has 0 saturated carbocycles. The molecule has 1 atom stereocenters. The highest BCUT2D eigenvalue weighted by Crippen LogP contribution is 2.32. The molecule has 1 aromatic heterocycles. The van der Waals surface area contributed by atoms with E-state index in [4.69, 9.17) is 18.6 Å². The van der Waals surface area contributed by atoms with Gasteiger partial charge in [-0.05, 0) is 56.2 Å². The Morgan fingerprint density at radius 1 is 0.957 bits per heavy atom. The quantitative estimate of drug-likeness (QED) is 0.158. The molecular formula is C34H39N5O7. The van der Waals surface area contributed by atoms with Gasteiger partial charge in [-0.25, -0.2) is 19.4 Å². The SMILES string of the molecule is COc1cc(NC(=O)Nc2cccc(CNC(=O)OC(CCN(C)C(=O)OC(C)(C)C)c3ccccc3)c2)ccc1-c1cnco1. The van der Waals surface area contributed by atoms with E-state index in [-0.39, 0.29) is 6.54 Å². The summed E-state index contributed by atoms with van der Waals surface area (Å²) in [6.45, 7) is 5.89. The molecule has 1 unspecified atom stereocenters. The number of hydrogen-bond donors (Lipinski definition) is 3. The number of carbonyl (C=O) groups excluding carboxylic acids is 3. The number of ether oxygens (including phenoxy) is 3. The summed E-state index contributed by atoms with van der Waals surface area (Å²) >= 11 is 0. The summed E-state index contributed by atoms with van der Waals surface area (Å²) in [4.78, 5) is 43.4. The number of amides is 4. The molecule has 3 N–H and O–H groups in total. The van der Waals surface area contributed by atoms with Gasteiger partial charge in [0, 0.05) is 44.0 Å². The van der Waals surface area contributed by atoms with Crippen molar-refractivity contribution < 1.29 is 33.0 Å². The third-order valence-electron chi connectivity index (χ3n) is 6.63. The second-order valence-electron chi connectivity index (χ2n) is 11.4. The van der Waals surface area contributed by atoms with E-state index in [1.807, 2.05) is 36.4 Å². The van der Waals surface area contributed by atoms with Crippen LogP contribution in [0.15, 0.2) is 89.8 Å². The van der Waals surface area contributed by atoms with Crippen LogP contribution in [0.1, 0.15) is 44.4 Å². The Kier molecular flexibility index (Phi) is 11.2. The lowest BCUT2D eigenvalue weighted by Gasteiger charge is -2.26. The molecule has 0 radical (unpaired) electrons. The Morgan fingerprint density at radius 3 is 2.37 bits per heavy atom. The van der Waals surface area contributed by atoms with E-state index < -0.39 is 29.9 Å². The van der Waals surface area contributed by atoms with Crippen LogP contribution in [0.3, 0.4) is 0 Å². The summed E-state index contributed by atoms with van der Waals surface area (Å²) in [5.41, 5.74) is 2.68. The van der Waals surface area contributed by atoms with Gasteiger partial charge in [-0.2, -0.15) is 0 Å². The molecule has 0 fully saturated rings. The van der Waals surface area contributed by atoms with E-state index in [0.717, 1.165) is 11.1 Å². The Bertz CT molecular complexity index is 1600. The molecule has 0 aliphatic heterocycles. The van der Waals surface area contributed by atoms with Gasteiger partial charge in [0.15, 0.2) is 12.2 Å². The van der Waals surface area contributed by atoms with Gasteiger partial charge in [0.05, 0.1) is 18.9 Å². The highest BCUT2D eigenvalue weighted by molar-refractivity contribution is 6.00. The number of nitrogens with zero attached hydrogens (tertiary/aromatic N) is 2. The third kappa shape index (κ3) is 10.0. The fourth-order valence-electron chi connectivity index (χ4n) is 4.42. The van der Waals surface area contributed by atoms with Crippen LogP contribution in [0, 0.1) is 0 Å². The van der Waals surface area contributed by atoms with E-state index in [1.54, 1.807) is 70.4 Å². The third-order valence-corrected chi connectivity index (χ3v) is 6.63. The van der Waals surface area contributed by atoms with Gasteiger partial charge in [-0.15, -0.1) is 0 Å². The molecule has 46 heavy (non-hydrogen) atoms. The van der Waals surface area contributed by atoms with Crippen LogP contribution in [0.25, 0.3) is 11.3 Å². The lowest BCUT2D eigenvalue weighted by atomic mass is 10.1. The minimum Gasteiger partial charge on any atom is -0.496 e. The van der Waals surface area contributed by atoms with Crippen molar-refractivity contribution in [3.05, 3.63) is 96.5 Å². The number of methoxy groups -OCH3 is 1. The standard InChI is InChI=1S/C34H39N5O7/c1-34(2,3)46-33(42)39(4)17-16-28(24-11-7-6-8-12-24)45-32(41)36-20-23-10-9-13-25(18-23)37-31(40)38-26-14-15-27(29(19-26)43-5)30-21-35-22-44-30/h6-15,18-19,21-22,28H,16-17,20H2,1-5H3,(H,36,41)(H2,37,38,40). The first-order valence-corrected chi connectivity index (χ1v) is 14.7. The van der Waals surface area contributed by atoms with E-state index in [2.05, 4.69) is 20.9 Å². The average Bonchev–Trinajstić information content (AvgIpc) is 3.56. The maximum Gasteiger partial charge on any atom is 0.410 e. The van der Waals surface area contributed by atoms with Crippen molar-refractivity contribution in [2.75, 3.05) is 31.3 Å². The molecule has 242 valence electrons. The van der Waals surface area contributed by atoms with Crippen molar-refractivity contribution in [3.8, 4) is 17.1 Å². The zero-order valence-electron chi connectivity index (χ0n) is 26.5. The van der Waals surface area contributed by atoms with Gasteiger partial charge in [0.25, 0.3) is 0 Å². The minimum absolute atomic E-state index is 0.162. The number of benzene rings is 3. The molecule has 0 aliphatic carbocycles. The van der Waals surface area contributed by atoms with Crippen molar-refractivity contribution in [2.24, 2.45) is 0 Å². The summed E-state index contributed by atoms with van der Waals surface area (Å²) in [6, 6.07) is 21.1. The molecule has 0 spiro atoms. The lowest BCUT2D eigenvalue weighted by Crippen LogP contribution is -2.35. The molecule has 12 heteroatoms. The van der Waals surface area contributed by atoms with Crippen LogP contribution >= 0.6 is 0 Å².